The zero-order chi connectivity index (χ0) is 0. The first kappa shape index (κ1) is 4120. The van der Waals surface area contributed by atoms with E-state index in [0.717, 1.165) is 0 Å². The molecule has 0 aliphatic carbocycles. The molecule has 8 heteroatoms. The topological polar surface area (TPSA) is 0 Å². The summed E-state index contributed by atoms with van der Waals surface area (Å²) in [6.07, 6.45) is 0. The summed E-state index contributed by atoms with van der Waals surface area (Å²) >= 11 is 0. The molecule has 0 spiro atoms. The SMILES string of the molecule is F.F.F.F.F.F.[B].[B]. The normalized spacial score (nSPS) is 0. The zero-order valence-corrected chi connectivity index (χ0v) is 3.60. The molecule has 0 N–H and O–H groups in total. The average molecular weight is 142 g/mol. The molecular weight excluding hydrogens is 136 g/mol. The van der Waals surface area contributed by atoms with Crippen LogP contribution in [0.25, 0.3) is 0 Å². The van der Waals surface area contributed by atoms with E-state index < -0.39 is 0 Å². The quantitative estimate of drug-likeness (QED) is 0.333. The smallest absolute Gasteiger partial charge is 0 e. The predicted molar refractivity (Wildman–Crippen MR) is 26.5 cm³/mol. The van der Waals surface area contributed by atoms with Crippen molar-refractivity contribution in [3.8, 4) is 0 Å². The maximum atomic E-state index is 0. The molecule has 0 saturated carbocycles. The van der Waals surface area contributed by atoms with E-state index in [9.17, 15) is 0 Å². The molecule has 0 unspecified atom stereocenters. The van der Waals surface area contributed by atoms with E-state index in [2.05, 4.69) is 0 Å². The monoisotopic (exact) mass is 142 g/mol. The van der Waals surface area contributed by atoms with Gasteiger partial charge in [0.05, 0.1) is 0 Å². The molecular formula is H6B2F6. The van der Waals surface area contributed by atoms with E-state index in [1.54, 1.807) is 0 Å². The molecule has 0 aromatic heterocycles. The van der Waals surface area contributed by atoms with E-state index in [1.807, 2.05) is 0 Å². The highest BCUT2D eigenvalue weighted by molar-refractivity contribution is 5.76. The van der Waals surface area contributed by atoms with E-state index in [-0.39, 0.29) is 45.1 Å². The lowest BCUT2D eigenvalue weighted by Gasteiger charge is -0.270. The first-order valence-electron chi connectivity index (χ1n) is 0. The van der Waals surface area contributed by atoms with Crippen molar-refractivity contribution in [3.05, 3.63) is 0 Å². The Labute approximate surface area is 46.4 Å². The molecule has 0 bridgehead atoms. The summed E-state index contributed by atoms with van der Waals surface area (Å²) in [6, 6.07) is 0. The molecule has 0 aromatic carbocycles. The van der Waals surface area contributed by atoms with Gasteiger partial charge in [-0.1, -0.05) is 0 Å². The van der Waals surface area contributed by atoms with Crippen LogP contribution in [0.5, 0.6) is 0 Å². The maximum absolute atomic E-state index is 0. The van der Waals surface area contributed by atoms with Crippen molar-refractivity contribution in [2.24, 2.45) is 0 Å². The van der Waals surface area contributed by atoms with Crippen LogP contribution in [0, 0.1) is 0 Å². The molecule has 0 nitrogen and oxygen atoms in total. The van der Waals surface area contributed by atoms with Gasteiger partial charge in [-0.2, -0.15) is 0 Å². The van der Waals surface area contributed by atoms with Crippen molar-refractivity contribution in [2.75, 3.05) is 0 Å². The van der Waals surface area contributed by atoms with Crippen molar-refractivity contribution < 1.29 is 28.2 Å². The molecule has 0 saturated heterocycles. The van der Waals surface area contributed by atoms with Gasteiger partial charge in [-0.3, -0.25) is 28.2 Å². The molecule has 0 heterocycles. The lowest BCUT2D eigenvalue weighted by atomic mass is 10.8. The largest absolute Gasteiger partial charge is 0.269 e. The summed E-state index contributed by atoms with van der Waals surface area (Å²) in [5.74, 6) is 0. The Morgan fingerprint density at radius 3 is 0.250 bits per heavy atom. The van der Waals surface area contributed by atoms with Crippen molar-refractivity contribution in [2.45, 2.75) is 0 Å². The van der Waals surface area contributed by atoms with Crippen LogP contribution in [-0.2, 0) is 0 Å². The highest BCUT2D eigenvalue weighted by Gasteiger charge is 0.00105. The predicted octanol–water partition coefficient (Wildman–Crippen LogP) is 0.153. The van der Waals surface area contributed by atoms with Crippen molar-refractivity contribution in [1.29, 1.82) is 0 Å². The second-order valence-electron chi connectivity index (χ2n) is 0. The molecule has 8 heavy (non-hydrogen) atoms. The van der Waals surface area contributed by atoms with Crippen LogP contribution in [-0.4, -0.2) is 16.8 Å². The van der Waals surface area contributed by atoms with Crippen LogP contribution in [0.4, 0.5) is 28.2 Å². The van der Waals surface area contributed by atoms with Crippen LogP contribution in [0.2, 0.25) is 0 Å². The summed E-state index contributed by atoms with van der Waals surface area (Å²) in [4.78, 5) is 0. The fourth-order valence-electron chi connectivity index (χ4n) is 0. The Hall–Kier alpha value is -0.290. The number of halogens is 6. The van der Waals surface area contributed by atoms with Crippen LogP contribution < -0.4 is 0 Å². The van der Waals surface area contributed by atoms with E-state index in [1.165, 1.54) is 0 Å². The van der Waals surface area contributed by atoms with Crippen molar-refractivity contribution in [3.63, 3.8) is 0 Å². The van der Waals surface area contributed by atoms with Crippen molar-refractivity contribution >= 4 is 16.8 Å². The third kappa shape index (κ3) is 1500. The van der Waals surface area contributed by atoms with Gasteiger partial charge in [0.25, 0.3) is 0 Å². The molecule has 0 fully saturated rings. The van der Waals surface area contributed by atoms with Crippen LogP contribution >= 0.6 is 0 Å². The highest BCUT2D eigenvalue weighted by atomic mass is 19.0. The Bertz CT molecular complexity index is 6.49. The van der Waals surface area contributed by atoms with E-state index >= 15 is 0 Å². The van der Waals surface area contributed by atoms with E-state index in [4.69, 9.17) is 0 Å². The Kier molecular flexibility index (Phi) is 1340000. The molecule has 54 valence electrons. The fourth-order valence-corrected chi connectivity index (χ4v) is 0. The number of rotatable bonds is 0. The van der Waals surface area contributed by atoms with Gasteiger partial charge in [0.2, 0.25) is 0 Å². The van der Waals surface area contributed by atoms with Gasteiger partial charge in [-0.05, 0) is 0 Å². The minimum absolute atomic E-state index is 0. The molecule has 0 aliphatic rings. The zero-order valence-electron chi connectivity index (χ0n) is 3.60. The molecule has 0 amide bonds. The van der Waals surface area contributed by atoms with Crippen LogP contribution in [0.3, 0.4) is 0 Å². The third-order valence-electron chi connectivity index (χ3n) is 0. The van der Waals surface area contributed by atoms with Gasteiger partial charge in [0.15, 0.2) is 0 Å². The third-order valence-corrected chi connectivity index (χ3v) is 0. The lowest BCUT2D eigenvalue weighted by Crippen LogP contribution is -0.382. The molecule has 0 atom stereocenters. The number of hydrogen-bond acceptors (Lipinski definition) is 0. The highest BCUT2D eigenvalue weighted by Crippen LogP contribution is 0.425. The molecule has 0 aromatic rings. The standard InChI is InChI=1S/2B.6FH/h;;6*1H. The first-order chi connectivity index (χ1) is 0. The first-order valence-corrected chi connectivity index (χ1v) is 0. The lowest BCUT2D eigenvalue weighted by molar-refractivity contribution is 1.11. The van der Waals surface area contributed by atoms with Gasteiger partial charge < -0.3 is 0 Å². The minimum atomic E-state index is 0. The van der Waals surface area contributed by atoms with Gasteiger partial charge >= 0.3 is 0 Å². The average Bonchev–Trinajstić information content (AvgIpc) is 0. The van der Waals surface area contributed by atoms with Crippen LogP contribution in [0.1, 0.15) is 0 Å². The maximum Gasteiger partial charge on any atom is 0 e. The Morgan fingerprint density at radius 1 is 0.250 bits per heavy atom. The van der Waals surface area contributed by atoms with Gasteiger partial charge in [0, 0.05) is 16.8 Å². The summed E-state index contributed by atoms with van der Waals surface area (Å²) in [7, 11) is 0. The number of hydrogen-bond donors (Lipinski definition) is 0. The fraction of sp³-hybridized carbons (Fsp3) is 0. The second kappa shape index (κ2) is 2600. The summed E-state index contributed by atoms with van der Waals surface area (Å²) in [6.45, 7) is 0. The summed E-state index contributed by atoms with van der Waals surface area (Å²) in [5.41, 5.74) is 0. The van der Waals surface area contributed by atoms with Gasteiger partial charge in [0.1, 0.15) is 0 Å². The van der Waals surface area contributed by atoms with Gasteiger partial charge in [-0.25, -0.2) is 0 Å². The van der Waals surface area contributed by atoms with Crippen molar-refractivity contribution in [1.82, 2.24) is 0 Å². The second-order valence-corrected chi connectivity index (χ2v) is 0. The van der Waals surface area contributed by atoms with E-state index in [0.29, 0.717) is 0 Å². The summed E-state index contributed by atoms with van der Waals surface area (Å²) in [5, 5.41) is 0. The minimum Gasteiger partial charge on any atom is -0.269 e. The molecule has 0 rings (SSSR count). The Morgan fingerprint density at radius 2 is 0.250 bits per heavy atom. The summed E-state index contributed by atoms with van der Waals surface area (Å²) < 4.78 is 0. The Balaban J connectivity index is 0. The molecule has 0 aliphatic heterocycles. The van der Waals surface area contributed by atoms with Gasteiger partial charge in [-0.15, -0.1) is 0 Å². The van der Waals surface area contributed by atoms with Crippen LogP contribution in [0.15, 0.2) is 0 Å². The molecule has 6 radical (unpaired) electrons.